The van der Waals surface area contributed by atoms with Gasteiger partial charge in [0.1, 0.15) is 0 Å². The minimum Gasteiger partial charge on any atom is -0.399 e. The van der Waals surface area contributed by atoms with E-state index in [1.54, 1.807) is 0 Å². The fourth-order valence-corrected chi connectivity index (χ4v) is 4.92. The van der Waals surface area contributed by atoms with Crippen LogP contribution in [0.4, 0.5) is 22.7 Å². The van der Waals surface area contributed by atoms with Gasteiger partial charge in [0.25, 0.3) is 0 Å². The average Bonchev–Trinajstić information content (AvgIpc) is 2.93. The summed E-state index contributed by atoms with van der Waals surface area (Å²) in [5.74, 6) is 0. The first-order valence-corrected chi connectivity index (χ1v) is 12.9. The normalized spacial score (nSPS) is 10.9. The third-order valence-corrected chi connectivity index (χ3v) is 6.91. The summed E-state index contributed by atoms with van der Waals surface area (Å²) in [6.45, 7) is 10.5. The second-order valence-electron chi connectivity index (χ2n) is 9.24. The van der Waals surface area contributed by atoms with Crippen LogP contribution in [0, 0.1) is 0 Å². The molecule has 0 atom stereocenters. The summed E-state index contributed by atoms with van der Waals surface area (Å²) in [6.07, 6.45) is 0. The molecule has 0 fully saturated rings. The summed E-state index contributed by atoms with van der Waals surface area (Å²) in [5.41, 5.74) is 13.6. The number of nitrogens with two attached hydrogens (primary N) is 1. The zero-order valence-corrected chi connectivity index (χ0v) is 21.5. The molecule has 0 amide bonds. The largest absolute Gasteiger partial charge is 0.399 e. The first-order valence-electron chi connectivity index (χ1n) is 12.9. The first-order chi connectivity index (χ1) is 18.1. The van der Waals surface area contributed by atoms with Crippen LogP contribution in [0.2, 0.25) is 0 Å². The molecule has 0 spiro atoms. The Morgan fingerprint density at radius 2 is 1.38 bits per heavy atom. The van der Waals surface area contributed by atoms with E-state index in [0.29, 0.717) is 0 Å². The van der Waals surface area contributed by atoms with E-state index in [4.69, 9.17) is 5.73 Å². The van der Waals surface area contributed by atoms with E-state index in [1.807, 2.05) is 24.3 Å². The minimum atomic E-state index is 0.755. The molecule has 0 aliphatic rings. The number of rotatable bonds is 7. The highest BCUT2D eigenvalue weighted by Crippen LogP contribution is 2.34. The van der Waals surface area contributed by atoms with Crippen LogP contribution in [-0.2, 0) is 0 Å². The molecule has 37 heavy (non-hydrogen) atoms. The molecular weight excluding hydrogens is 450 g/mol. The van der Waals surface area contributed by atoms with Crippen molar-refractivity contribution in [2.24, 2.45) is 0 Å². The van der Waals surface area contributed by atoms with E-state index in [1.165, 1.54) is 38.4 Å². The Balaban J connectivity index is 1.69. The van der Waals surface area contributed by atoms with E-state index in [2.05, 4.69) is 116 Å². The maximum absolute atomic E-state index is 5.89. The van der Waals surface area contributed by atoms with Gasteiger partial charge in [-0.25, -0.2) is 0 Å². The number of nitrogen functional groups attached to an aromatic ring is 1. The quantitative estimate of drug-likeness (QED) is 0.254. The van der Waals surface area contributed by atoms with Crippen LogP contribution < -0.4 is 26.4 Å². The van der Waals surface area contributed by atoms with E-state index in [0.717, 1.165) is 35.4 Å². The van der Waals surface area contributed by atoms with Gasteiger partial charge in [-0.05, 0) is 88.8 Å². The Morgan fingerprint density at radius 1 is 0.730 bits per heavy atom. The van der Waals surface area contributed by atoms with Gasteiger partial charge in [-0.3, -0.25) is 0 Å². The lowest BCUT2D eigenvalue weighted by Gasteiger charge is -2.22. The monoisotopic (exact) mass is 483 g/mol. The molecule has 0 aromatic heterocycles. The number of hydrogen-bond donors (Lipinski definition) is 2. The van der Waals surface area contributed by atoms with Crippen molar-refractivity contribution < 1.29 is 0 Å². The summed E-state index contributed by atoms with van der Waals surface area (Å²) in [4.78, 5) is 2.37. The molecule has 0 saturated heterocycles. The molecule has 0 saturated carbocycles. The summed E-state index contributed by atoms with van der Waals surface area (Å²) in [5, 5.41) is 8.13. The Bertz CT molecular complexity index is 1610. The van der Waals surface area contributed by atoms with Crippen molar-refractivity contribution >= 4 is 45.7 Å². The van der Waals surface area contributed by atoms with Gasteiger partial charge < -0.3 is 16.0 Å². The van der Waals surface area contributed by atoms with Crippen LogP contribution in [0.1, 0.15) is 25.0 Å². The zero-order chi connectivity index (χ0) is 25.8. The third kappa shape index (κ3) is 5.07. The van der Waals surface area contributed by atoms with Crippen molar-refractivity contribution in [3.8, 4) is 0 Å². The first kappa shape index (κ1) is 24.2. The predicted molar refractivity (Wildman–Crippen MR) is 161 cm³/mol. The molecule has 3 nitrogen and oxygen atoms in total. The van der Waals surface area contributed by atoms with Crippen molar-refractivity contribution in [3.63, 3.8) is 0 Å². The molecule has 0 bridgehead atoms. The van der Waals surface area contributed by atoms with E-state index in [-0.39, 0.29) is 0 Å². The predicted octanol–water partition coefficient (Wildman–Crippen LogP) is 6.67. The SMILES string of the molecule is C=c1ccc(=C(c2ccc(N(CC)CC)cc2)c2ccc(Nc3ccc(N)cc3)c3ccccc23)cc1. The Kier molecular flexibility index (Phi) is 6.96. The van der Waals surface area contributed by atoms with E-state index >= 15 is 0 Å². The topological polar surface area (TPSA) is 41.3 Å². The molecule has 3 heteroatoms. The molecule has 184 valence electrons. The van der Waals surface area contributed by atoms with Gasteiger partial charge in [0, 0.05) is 41.2 Å². The molecule has 5 aromatic carbocycles. The number of nitrogens with one attached hydrogen (secondary N) is 1. The maximum Gasteiger partial charge on any atom is 0.0464 e. The van der Waals surface area contributed by atoms with Gasteiger partial charge >= 0.3 is 0 Å². The average molecular weight is 484 g/mol. The lowest BCUT2D eigenvalue weighted by Crippen LogP contribution is -2.21. The molecule has 0 radical (unpaired) electrons. The highest BCUT2D eigenvalue weighted by molar-refractivity contribution is 6.04. The van der Waals surface area contributed by atoms with Crippen LogP contribution in [0.3, 0.4) is 0 Å². The Morgan fingerprint density at radius 3 is 2.03 bits per heavy atom. The molecule has 0 aliphatic carbocycles. The van der Waals surface area contributed by atoms with Gasteiger partial charge in [-0.15, -0.1) is 0 Å². The summed E-state index contributed by atoms with van der Waals surface area (Å²) < 4.78 is 0. The van der Waals surface area contributed by atoms with Crippen LogP contribution in [0.5, 0.6) is 0 Å². The summed E-state index contributed by atoms with van der Waals surface area (Å²) >= 11 is 0. The van der Waals surface area contributed by atoms with Gasteiger partial charge in [0.15, 0.2) is 0 Å². The van der Waals surface area contributed by atoms with Gasteiger partial charge in [0.05, 0.1) is 0 Å². The van der Waals surface area contributed by atoms with Gasteiger partial charge in [-0.1, -0.05) is 73.3 Å². The fraction of sp³-hybridized carbons (Fsp3) is 0.118. The molecule has 0 heterocycles. The smallest absolute Gasteiger partial charge is 0.0464 e. The molecule has 3 N–H and O–H groups in total. The highest BCUT2D eigenvalue weighted by atomic mass is 15.1. The van der Waals surface area contributed by atoms with Crippen molar-refractivity contribution in [2.45, 2.75) is 13.8 Å². The van der Waals surface area contributed by atoms with Crippen molar-refractivity contribution in [1.82, 2.24) is 0 Å². The van der Waals surface area contributed by atoms with Crippen LogP contribution in [0.15, 0.2) is 109 Å². The standard InChI is InChI=1S/C34H33N3/c1-4-37(5-2)29-20-14-26(15-21-29)34(25-12-10-24(3)11-13-25)32-22-23-33(31-9-7-6-8-30(31)32)36-28-18-16-27(35)17-19-28/h6-23,36H,3-5,35H2,1-2H3. The summed E-state index contributed by atoms with van der Waals surface area (Å²) in [7, 11) is 0. The zero-order valence-electron chi connectivity index (χ0n) is 21.5. The minimum absolute atomic E-state index is 0.755. The molecule has 0 aliphatic heterocycles. The maximum atomic E-state index is 5.89. The lowest BCUT2D eigenvalue weighted by molar-refractivity contribution is 0.866. The number of nitrogens with zero attached hydrogens (tertiary/aromatic N) is 1. The molecular formula is C34H33N3. The molecule has 0 unspecified atom stereocenters. The van der Waals surface area contributed by atoms with E-state index in [9.17, 15) is 0 Å². The van der Waals surface area contributed by atoms with Gasteiger partial charge in [0.2, 0.25) is 0 Å². The van der Waals surface area contributed by atoms with E-state index < -0.39 is 0 Å². The van der Waals surface area contributed by atoms with Crippen LogP contribution in [-0.4, -0.2) is 13.1 Å². The second-order valence-corrected chi connectivity index (χ2v) is 9.24. The lowest BCUT2D eigenvalue weighted by atomic mass is 9.90. The summed E-state index contributed by atoms with van der Waals surface area (Å²) in [6, 6.07) is 38.3. The highest BCUT2D eigenvalue weighted by Gasteiger charge is 2.13. The van der Waals surface area contributed by atoms with Crippen molar-refractivity contribution in [3.05, 3.63) is 131 Å². The number of fused-ring (bicyclic) bond motifs is 1. The Hall–Kier alpha value is -4.50. The third-order valence-electron chi connectivity index (χ3n) is 6.91. The fourth-order valence-electron chi connectivity index (χ4n) is 4.92. The number of hydrogen-bond acceptors (Lipinski definition) is 3. The molecule has 5 aromatic rings. The van der Waals surface area contributed by atoms with Crippen LogP contribution >= 0.6 is 0 Å². The van der Waals surface area contributed by atoms with Crippen LogP contribution in [0.25, 0.3) is 22.9 Å². The number of anilines is 4. The molecule has 5 rings (SSSR count). The van der Waals surface area contributed by atoms with Gasteiger partial charge in [-0.2, -0.15) is 0 Å². The Labute approximate surface area is 219 Å². The van der Waals surface area contributed by atoms with Crippen molar-refractivity contribution in [1.29, 1.82) is 0 Å². The van der Waals surface area contributed by atoms with Crippen molar-refractivity contribution in [2.75, 3.05) is 29.0 Å². The second kappa shape index (κ2) is 10.6. The number of benzene rings is 5.